The third kappa shape index (κ3) is 3.64. The summed E-state index contributed by atoms with van der Waals surface area (Å²) >= 11 is 1.90. The highest BCUT2D eigenvalue weighted by Gasteiger charge is 2.41. The fourth-order valence-corrected chi connectivity index (χ4v) is 5.39. The van der Waals surface area contributed by atoms with Crippen molar-refractivity contribution in [2.45, 2.75) is 17.6 Å². The number of hydrogen-bond donors (Lipinski definition) is 0. The Morgan fingerprint density at radius 3 is 1.24 bits per heavy atom. The molecule has 1 aliphatic heterocycles. The van der Waals surface area contributed by atoms with Crippen LogP contribution in [0.3, 0.4) is 0 Å². The van der Waals surface area contributed by atoms with Crippen LogP contribution >= 0.6 is 11.8 Å². The summed E-state index contributed by atoms with van der Waals surface area (Å²) in [5.74, 6) is 4.78. The highest BCUT2D eigenvalue weighted by Crippen LogP contribution is 2.56. The first-order valence-corrected chi connectivity index (χ1v) is 10.3. The average molecular weight is 421 g/mol. The van der Waals surface area contributed by atoms with Gasteiger partial charge in [0.2, 0.25) is 11.5 Å². The molecule has 0 saturated carbocycles. The summed E-state index contributed by atoms with van der Waals surface area (Å²) in [6.45, 7) is 0. The van der Waals surface area contributed by atoms with Crippen molar-refractivity contribution in [3.63, 3.8) is 0 Å². The molecule has 2 aromatic rings. The van der Waals surface area contributed by atoms with Crippen LogP contribution in [0.2, 0.25) is 0 Å². The predicted molar refractivity (Wildman–Crippen MR) is 115 cm³/mol. The molecule has 158 valence electrons. The molecule has 0 spiro atoms. The summed E-state index contributed by atoms with van der Waals surface area (Å²) in [5.41, 5.74) is 2.17. The van der Waals surface area contributed by atoms with E-state index in [-0.39, 0.29) is 4.75 Å². The molecule has 0 aromatic heterocycles. The zero-order valence-electron chi connectivity index (χ0n) is 17.8. The maximum Gasteiger partial charge on any atom is 0.203 e. The van der Waals surface area contributed by atoms with Crippen molar-refractivity contribution in [3.05, 3.63) is 35.4 Å². The van der Waals surface area contributed by atoms with E-state index in [4.69, 9.17) is 28.4 Å². The van der Waals surface area contributed by atoms with Crippen LogP contribution in [0, 0.1) is 0 Å². The Hall–Kier alpha value is -2.41. The summed E-state index contributed by atoms with van der Waals surface area (Å²) in [4.78, 5) is 0. The number of benzene rings is 2. The molecular formula is C22H28O6S. The van der Waals surface area contributed by atoms with Crippen molar-refractivity contribution < 1.29 is 28.4 Å². The maximum absolute atomic E-state index is 5.60. The molecule has 0 radical (unpaired) electrons. The zero-order chi connectivity index (χ0) is 21.0. The second-order valence-corrected chi connectivity index (χ2v) is 8.00. The van der Waals surface area contributed by atoms with E-state index < -0.39 is 0 Å². The van der Waals surface area contributed by atoms with Gasteiger partial charge in [-0.25, -0.2) is 0 Å². The monoisotopic (exact) mass is 420 g/mol. The van der Waals surface area contributed by atoms with Crippen LogP contribution in [0.1, 0.15) is 24.0 Å². The van der Waals surface area contributed by atoms with Crippen LogP contribution < -0.4 is 28.4 Å². The summed E-state index contributed by atoms with van der Waals surface area (Å²) < 4.78 is 33.1. The van der Waals surface area contributed by atoms with Crippen LogP contribution in [0.15, 0.2) is 24.3 Å². The van der Waals surface area contributed by atoms with E-state index in [1.165, 1.54) is 0 Å². The first kappa shape index (κ1) is 21.3. The van der Waals surface area contributed by atoms with E-state index in [2.05, 4.69) is 0 Å². The van der Waals surface area contributed by atoms with Gasteiger partial charge in [0.05, 0.1) is 47.4 Å². The summed E-state index contributed by atoms with van der Waals surface area (Å²) in [6.07, 6.45) is 2.06. The van der Waals surface area contributed by atoms with Gasteiger partial charge in [-0.2, -0.15) is 0 Å². The number of rotatable bonds is 8. The smallest absolute Gasteiger partial charge is 0.203 e. The van der Waals surface area contributed by atoms with E-state index in [1.54, 1.807) is 42.7 Å². The van der Waals surface area contributed by atoms with Gasteiger partial charge < -0.3 is 28.4 Å². The van der Waals surface area contributed by atoms with Gasteiger partial charge >= 0.3 is 0 Å². The van der Waals surface area contributed by atoms with E-state index in [0.717, 1.165) is 29.7 Å². The second kappa shape index (κ2) is 8.95. The van der Waals surface area contributed by atoms with Crippen molar-refractivity contribution in [2.24, 2.45) is 0 Å². The lowest BCUT2D eigenvalue weighted by Gasteiger charge is -2.31. The third-order valence-electron chi connectivity index (χ3n) is 5.28. The molecule has 1 fully saturated rings. The molecule has 6 nitrogen and oxygen atoms in total. The van der Waals surface area contributed by atoms with E-state index in [1.807, 2.05) is 36.0 Å². The molecule has 0 unspecified atom stereocenters. The second-order valence-electron chi connectivity index (χ2n) is 6.61. The minimum absolute atomic E-state index is 0.292. The quantitative estimate of drug-likeness (QED) is 0.623. The summed E-state index contributed by atoms with van der Waals surface area (Å²) in [5, 5.41) is 0. The molecule has 1 heterocycles. The largest absolute Gasteiger partial charge is 0.493 e. The van der Waals surface area contributed by atoms with Crippen LogP contribution in [0.5, 0.6) is 34.5 Å². The first-order valence-electron chi connectivity index (χ1n) is 9.33. The van der Waals surface area contributed by atoms with Crippen molar-refractivity contribution in [1.29, 1.82) is 0 Å². The van der Waals surface area contributed by atoms with Gasteiger partial charge in [0, 0.05) is 0 Å². The van der Waals surface area contributed by atoms with Crippen LogP contribution in [-0.2, 0) is 4.75 Å². The Kier molecular flexibility index (Phi) is 6.57. The number of thioether (sulfide) groups is 1. The van der Waals surface area contributed by atoms with Crippen molar-refractivity contribution >= 4 is 11.8 Å². The molecule has 3 rings (SSSR count). The van der Waals surface area contributed by atoms with Crippen LogP contribution in [0.25, 0.3) is 0 Å². The van der Waals surface area contributed by atoms with E-state index >= 15 is 0 Å². The Morgan fingerprint density at radius 1 is 0.621 bits per heavy atom. The van der Waals surface area contributed by atoms with Gasteiger partial charge in [-0.15, -0.1) is 11.8 Å². The van der Waals surface area contributed by atoms with Gasteiger partial charge in [0.1, 0.15) is 0 Å². The lowest BCUT2D eigenvalue weighted by atomic mass is 9.86. The fraction of sp³-hybridized carbons (Fsp3) is 0.455. The fourth-order valence-electron chi connectivity index (χ4n) is 3.89. The van der Waals surface area contributed by atoms with E-state index in [9.17, 15) is 0 Å². The SMILES string of the molecule is COc1cc(C2(c3cc(OC)c(OC)c(OC)c3)CCCS2)cc(OC)c1OC. The molecule has 0 aliphatic carbocycles. The highest BCUT2D eigenvalue weighted by atomic mass is 32.2. The first-order chi connectivity index (χ1) is 14.1. The van der Waals surface area contributed by atoms with E-state index in [0.29, 0.717) is 34.5 Å². The van der Waals surface area contributed by atoms with Gasteiger partial charge in [0.15, 0.2) is 23.0 Å². The molecule has 0 atom stereocenters. The predicted octanol–water partition coefficient (Wildman–Crippen LogP) is 4.51. The third-order valence-corrected chi connectivity index (χ3v) is 6.94. The lowest BCUT2D eigenvalue weighted by Crippen LogP contribution is -2.21. The normalized spacial score (nSPS) is 15.0. The molecule has 0 N–H and O–H groups in total. The minimum Gasteiger partial charge on any atom is -0.493 e. The Bertz CT molecular complexity index is 745. The molecule has 1 saturated heterocycles. The van der Waals surface area contributed by atoms with Crippen molar-refractivity contribution in [3.8, 4) is 34.5 Å². The number of hydrogen-bond acceptors (Lipinski definition) is 7. The highest BCUT2D eigenvalue weighted by molar-refractivity contribution is 8.00. The molecular weight excluding hydrogens is 392 g/mol. The van der Waals surface area contributed by atoms with Gasteiger partial charge in [-0.05, 0) is 54.0 Å². The van der Waals surface area contributed by atoms with Crippen LogP contribution in [-0.4, -0.2) is 48.4 Å². The molecule has 0 amide bonds. The van der Waals surface area contributed by atoms with Crippen LogP contribution in [0.4, 0.5) is 0 Å². The van der Waals surface area contributed by atoms with Crippen molar-refractivity contribution in [1.82, 2.24) is 0 Å². The molecule has 1 aliphatic rings. The minimum atomic E-state index is -0.292. The Morgan fingerprint density at radius 2 is 1.00 bits per heavy atom. The molecule has 2 aromatic carbocycles. The Labute approximate surface area is 176 Å². The molecule has 0 bridgehead atoms. The Balaban J connectivity index is 2.25. The standard InChI is InChI=1S/C22H28O6S/c1-23-16-10-14(11-17(24-2)20(16)27-5)22(8-7-9-29-22)15-12-18(25-3)21(28-6)19(13-15)26-4/h10-13H,7-9H2,1-6H3. The summed E-state index contributed by atoms with van der Waals surface area (Å²) in [7, 11) is 9.76. The molecule has 7 heteroatoms. The lowest BCUT2D eigenvalue weighted by molar-refractivity contribution is 0.322. The van der Waals surface area contributed by atoms with Crippen molar-refractivity contribution in [2.75, 3.05) is 48.4 Å². The number of methoxy groups -OCH3 is 6. The maximum atomic E-state index is 5.60. The van der Waals surface area contributed by atoms with Gasteiger partial charge in [-0.3, -0.25) is 0 Å². The van der Waals surface area contributed by atoms with Gasteiger partial charge in [0.25, 0.3) is 0 Å². The molecule has 29 heavy (non-hydrogen) atoms. The topological polar surface area (TPSA) is 55.4 Å². The number of ether oxygens (including phenoxy) is 6. The average Bonchev–Trinajstić information content (AvgIpc) is 3.27. The summed E-state index contributed by atoms with van der Waals surface area (Å²) in [6, 6.07) is 8.12. The zero-order valence-corrected chi connectivity index (χ0v) is 18.6. The van der Waals surface area contributed by atoms with Gasteiger partial charge in [-0.1, -0.05) is 0 Å².